The summed E-state index contributed by atoms with van der Waals surface area (Å²) in [6, 6.07) is 0.597. The maximum Gasteiger partial charge on any atom is 0.212 e. The van der Waals surface area contributed by atoms with Gasteiger partial charge in [0, 0.05) is 30.0 Å². The highest BCUT2D eigenvalue weighted by molar-refractivity contribution is 7.09. The molecule has 2 aromatic heterocycles. The van der Waals surface area contributed by atoms with Crippen molar-refractivity contribution >= 4 is 16.7 Å². The van der Waals surface area contributed by atoms with Gasteiger partial charge in [-0.25, -0.2) is 9.97 Å². The molecule has 2 aromatic rings. The predicted octanol–water partition coefficient (Wildman–Crippen LogP) is 1.88. The number of aryl methyl sites for hydroxylation is 1. The van der Waals surface area contributed by atoms with Crippen molar-refractivity contribution < 1.29 is 0 Å². The summed E-state index contributed by atoms with van der Waals surface area (Å²) in [6.07, 6.45) is 6.01. The summed E-state index contributed by atoms with van der Waals surface area (Å²) in [5.74, 6) is 1.19. The first-order valence-corrected chi connectivity index (χ1v) is 5.98. The molecule has 1 aliphatic rings. The summed E-state index contributed by atoms with van der Waals surface area (Å²) in [5, 5.41) is 4.17. The average Bonchev–Trinajstić information content (AvgIpc) is 2.97. The standard InChI is InChI=1S/C10H11N5S/c1-6-4-11-8(12-5-6)9-14-10(16-15-9)13-7-2-3-7/h4-5,7H,2-3H2,1H3,(H,13,14,15). The Balaban J connectivity index is 1.82. The number of rotatable bonds is 3. The molecule has 0 atom stereocenters. The maximum atomic E-state index is 4.36. The Morgan fingerprint density at radius 1 is 1.25 bits per heavy atom. The van der Waals surface area contributed by atoms with Crippen LogP contribution in [0, 0.1) is 6.92 Å². The van der Waals surface area contributed by atoms with Gasteiger partial charge >= 0.3 is 0 Å². The molecule has 0 unspecified atom stereocenters. The van der Waals surface area contributed by atoms with Crippen LogP contribution < -0.4 is 5.32 Å². The Morgan fingerprint density at radius 2 is 2.00 bits per heavy atom. The van der Waals surface area contributed by atoms with Crippen molar-refractivity contribution in [3.8, 4) is 11.6 Å². The number of hydrogen-bond donors (Lipinski definition) is 1. The largest absolute Gasteiger partial charge is 0.358 e. The van der Waals surface area contributed by atoms with E-state index in [1.54, 1.807) is 12.4 Å². The van der Waals surface area contributed by atoms with Crippen molar-refractivity contribution in [3.05, 3.63) is 18.0 Å². The fourth-order valence-electron chi connectivity index (χ4n) is 1.28. The molecule has 6 heteroatoms. The Hall–Kier alpha value is -1.56. The summed E-state index contributed by atoms with van der Waals surface area (Å²) in [4.78, 5) is 12.8. The third kappa shape index (κ3) is 2.01. The third-order valence-corrected chi connectivity index (χ3v) is 2.96. The Bertz CT molecular complexity index is 488. The zero-order valence-electron chi connectivity index (χ0n) is 8.84. The van der Waals surface area contributed by atoms with E-state index in [1.807, 2.05) is 6.92 Å². The van der Waals surface area contributed by atoms with Gasteiger partial charge in [-0.05, 0) is 25.3 Å². The summed E-state index contributed by atoms with van der Waals surface area (Å²) >= 11 is 1.36. The topological polar surface area (TPSA) is 63.6 Å². The van der Waals surface area contributed by atoms with Gasteiger partial charge in [0.05, 0.1) is 0 Å². The highest BCUT2D eigenvalue weighted by atomic mass is 32.1. The van der Waals surface area contributed by atoms with E-state index in [9.17, 15) is 0 Å². The minimum Gasteiger partial charge on any atom is -0.358 e. The molecule has 0 saturated heterocycles. The molecule has 82 valence electrons. The van der Waals surface area contributed by atoms with Gasteiger partial charge in [0.2, 0.25) is 11.0 Å². The molecule has 3 rings (SSSR count). The van der Waals surface area contributed by atoms with Crippen LogP contribution in [0.5, 0.6) is 0 Å². The van der Waals surface area contributed by atoms with Crippen LogP contribution in [0.3, 0.4) is 0 Å². The Labute approximate surface area is 97.2 Å². The lowest BCUT2D eigenvalue weighted by molar-refractivity contribution is 1.09. The fourth-order valence-corrected chi connectivity index (χ4v) is 1.93. The molecule has 1 N–H and O–H groups in total. The summed E-state index contributed by atoms with van der Waals surface area (Å²) in [6.45, 7) is 1.96. The second kappa shape index (κ2) is 3.79. The second-order valence-electron chi connectivity index (χ2n) is 3.93. The number of anilines is 1. The lowest BCUT2D eigenvalue weighted by Gasteiger charge is -1.95. The molecule has 0 bridgehead atoms. The summed E-state index contributed by atoms with van der Waals surface area (Å²) in [5.41, 5.74) is 1.04. The molecular weight excluding hydrogens is 222 g/mol. The zero-order valence-corrected chi connectivity index (χ0v) is 9.66. The molecule has 0 amide bonds. The first kappa shape index (κ1) is 9.65. The van der Waals surface area contributed by atoms with Crippen molar-refractivity contribution in [1.82, 2.24) is 19.3 Å². The number of nitrogens with zero attached hydrogens (tertiary/aromatic N) is 4. The molecule has 0 radical (unpaired) electrons. The average molecular weight is 233 g/mol. The number of aromatic nitrogens is 4. The quantitative estimate of drug-likeness (QED) is 0.877. The van der Waals surface area contributed by atoms with E-state index in [2.05, 4.69) is 24.6 Å². The maximum absolute atomic E-state index is 4.36. The molecule has 5 nitrogen and oxygen atoms in total. The van der Waals surface area contributed by atoms with Crippen LogP contribution in [0.15, 0.2) is 12.4 Å². The molecule has 1 saturated carbocycles. The predicted molar refractivity (Wildman–Crippen MR) is 62.3 cm³/mol. The van der Waals surface area contributed by atoms with E-state index in [0.717, 1.165) is 10.7 Å². The van der Waals surface area contributed by atoms with Crippen LogP contribution >= 0.6 is 11.5 Å². The van der Waals surface area contributed by atoms with E-state index in [1.165, 1.54) is 24.4 Å². The van der Waals surface area contributed by atoms with Crippen molar-refractivity contribution in [2.24, 2.45) is 0 Å². The van der Waals surface area contributed by atoms with Crippen LogP contribution in [0.25, 0.3) is 11.6 Å². The van der Waals surface area contributed by atoms with Crippen molar-refractivity contribution in [3.63, 3.8) is 0 Å². The van der Waals surface area contributed by atoms with E-state index in [4.69, 9.17) is 0 Å². The van der Waals surface area contributed by atoms with E-state index >= 15 is 0 Å². The van der Waals surface area contributed by atoms with Crippen LogP contribution in [0.1, 0.15) is 18.4 Å². The van der Waals surface area contributed by atoms with Gasteiger partial charge < -0.3 is 5.32 Å². The first-order valence-electron chi connectivity index (χ1n) is 5.20. The molecule has 0 aliphatic heterocycles. The SMILES string of the molecule is Cc1cnc(-c2nsc(NC3CC3)n2)nc1. The van der Waals surface area contributed by atoms with Crippen molar-refractivity contribution in [1.29, 1.82) is 0 Å². The summed E-state index contributed by atoms with van der Waals surface area (Å²) < 4.78 is 4.24. The number of nitrogens with one attached hydrogen (secondary N) is 1. The third-order valence-electron chi connectivity index (χ3n) is 2.31. The normalized spacial score (nSPS) is 15.1. The monoisotopic (exact) mass is 233 g/mol. The van der Waals surface area contributed by atoms with Crippen molar-refractivity contribution in [2.75, 3.05) is 5.32 Å². The first-order chi connectivity index (χ1) is 7.81. The van der Waals surface area contributed by atoms with Gasteiger partial charge in [-0.1, -0.05) is 0 Å². The fraction of sp³-hybridized carbons (Fsp3) is 0.400. The Kier molecular flexibility index (Phi) is 2.28. The van der Waals surface area contributed by atoms with Crippen LogP contribution in [0.4, 0.5) is 5.13 Å². The minimum absolute atomic E-state index is 0.589. The molecule has 1 aliphatic carbocycles. The molecular formula is C10H11N5S. The molecule has 0 spiro atoms. The lowest BCUT2D eigenvalue weighted by Crippen LogP contribution is -2.00. The minimum atomic E-state index is 0.589. The van der Waals surface area contributed by atoms with Crippen LogP contribution in [-0.2, 0) is 0 Å². The van der Waals surface area contributed by atoms with Gasteiger partial charge in [-0.3, -0.25) is 0 Å². The molecule has 16 heavy (non-hydrogen) atoms. The second-order valence-corrected chi connectivity index (χ2v) is 4.68. The van der Waals surface area contributed by atoms with Crippen molar-refractivity contribution in [2.45, 2.75) is 25.8 Å². The van der Waals surface area contributed by atoms with Gasteiger partial charge in [0.15, 0.2) is 5.82 Å². The van der Waals surface area contributed by atoms with E-state index < -0.39 is 0 Å². The van der Waals surface area contributed by atoms with Gasteiger partial charge in [0.25, 0.3) is 0 Å². The van der Waals surface area contributed by atoms with Gasteiger partial charge in [-0.15, -0.1) is 0 Å². The van der Waals surface area contributed by atoms with E-state index in [-0.39, 0.29) is 0 Å². The lowest BCUT2D eigenvalue weighted by atomic mass is 10.4. The molecule has 2 heterocycles. The van der Waals surface area contributed by atoms with Crippen LogP contribution in [0.2, 0.25) is 0 Å². The van der Waals surface area contributed by atoms with Crippen LogP contribution in [-0.4, -0.2) is 25.4 Å². The molecule has 0 aromatic carbocycles. The number of hydrogen-bond acceptors (Lipinski definition) is 6. The Morgan fingerprint density at radius 3 is 2.69 bits per heavy atom. The highest BCUT2D eigenvalue weighted by Gasteiger charge is 2.22. The summed E-state index contributed by atoms with van der Waals surface area (Å²) in [7, 11) is 0. The van der Waals surface area contributed by atoms with Gasteiger partial charge in [0.1, 0.15) is 0 Å². The highest BCUT2D eigenvalue weighted by Crippen LogP contribution is 2.26. The smallest absolute Gasteiger partial charge is 0.212 e. The van der Waals surface area contributed by atoms with E-state index in [0.29, 0.717) is 17.7 Å². The zero-order chi connectivity index (χ0) is 11.0. The molecule has 1 fully saturated rings. The van der Waals surface area contributed by atoms with Gasteiger partial charge in [-0.2, -0.15) is 9.36 Å².